The van der Waals surface area contributed by atoms with Gasteiger partial charge in [0.2, 0.25) is 11.8 Å². The Labute approximate surface area is 234 Å². The van der Waals surface area contributed by atoms with Gasteiger partial charge in [0.05, 0.1) is 10.6 Å². The Morgan fingerprint density at radius 1 is 0.895 bits per heavy atom. The number of benzene rings is 3. The molecular formula is C28H31Cl2N3O4S. The first-order valence-corrected chi connectivity index (χ1v) is 14.5. The smallest absolute Gasteiger partial charge is 0.264 e. The van der Waals surface area contributed by atoms with Crippen LogP contribution in [0.1, 0.15) is 32.3 Å². The fourth-order valence-corrected chi connectivity index (χ4v) is 5.45. The summed E-state index contributed by atoms with van der Waals surface area (Å²) in [5.41, 5.74) is 1.03. The molecule has 0 unspecified atom stereocenters. The number of hydrogen-bond acceptors (Lipinski definition) is 4. The average Bonchev–Trinajstić information content (AvgIpc) is 2.92. The number of sulfonamides is 1. The van der Waals surface area contributed by atoms with Crippen molar-refractivity contribution in [3.8, 4) is 0 Å². The highest BCUT2D eigenvalue weighted by Gasteiger charge is 2.32. The molecule has 1 atom stereocenters. The molecule has 1 N–H and O–H groups in total. The summed E-state index contributed by atoms with van der Waals surface area (Å²) in [4.78, 5) is 28.2. The molecule has 202 valence electrons. The van der Waals surface area contributed by atoms with Gasteiger partial charge in [-0.25, -0.2) is 8.42 Å². The molecule has 38 heavy (non-hydrogen) atoms. The van der Waals surface area contributed by atoms with Crippen molar-refractivity contribution in [2.24, 2.45) is 0 Å². The number of anilines is 1. The zero-order chi connectivity index (χ0) is 27.7. The molecule has 0 heterocycles. The molecular weight excluding hydrogens is 545 g/mol. The highest BCUT2D eigenvalue weighted by molar-refractivity contribution is 7.92. The summed E-state index contributed by atoms with van der Waals surface area (Å²) in [5, 5.41) is 3.83. The third-order valence-corrected chi connectivity index (χ3v) is 8.28. The van der Waals surface area contributed by atoms with E-state index in [2.05, 4.69) is 5.32 Å². The fraction of sp³-hybridized carbons (Fsp3) is 0.286. The zero-order valence-corrected chi connectivity index (χ0v) is 23.6. The maximum atomic E-state index is 13.8. The van der Waals surface area contributed by atoms with Crippen LogP contribution in [0.25, 0.3) is 0 Å². The van der Waals surface area contributed by atoms with Gasteiger partial charge < -0.3 is 10.2 Å². The van der Waals surface area contributed by atoms with Crippen molar-refractivity contribution in [2.75, 3.05) is 17.4 Å². The monoisotopic (exact) mass is 575 g/mol. The molecule has 0 radical (unpaired) electrons. The van der Waals surface area contributed by atoms with Crippen LogP contribution in [0.3, 0.4) is 0 Å². The van der Waals surface area contributed by atoms with E-state index >= 15 is 0 Å². The highest BCUT2D eigenvalue weighted by atomic mass is 35.5. The second kappa shape index (κ2) is 13.6. The molecule has 0 fully saturated rings. The van der Waals surface area contributed by atoms with Gasteiger partial charge in [0.15, 0.2) is 0 Å². The summed E-state index contributed by atoms with van der Waals surface area (Å²) in [6, 6.07) is 20.2. The van der Waals surface area contributed by atoms with Gasteiger partial charge in [-0.3, -0.25) is 13.9 Å². The van der Waals surface area contributed by atoms with E-state index < -0.39 is 28.5 Å². The summed E-state index contributed by atoms with van der Waals surface area (Å²) < 4.78 is 28.4. The third kappa shape index (κ3) is 7.72. The average molecular weight is 577 g/mol. The van der Waals surface area contributed by atoms with E-state index in [0.717, 1.165) is 22.7 Å². The Kier molecular flexibility index (Phi) is 10.6. The summed E-state index contributed by atoms with van der Waals surface area (Å²) in [5.74, 6) is -0.850. The molecule has 0 aliphatic carbocycles. The standard InChI is InChI=1S/C28H31Cl2N3O4S/c1-3-4-18-31-28(35)21(2)32(19-22-10-12-23(29)13-11-22)27(34)20-33(25-16-14-24(30)15-17-25)38(36,37)26-8-6-5-7-9-26/h5-17,21H,3-4,18-20H2,1-2H3,(H,31,35)/t21-/m1/s1. The van der Waals surface area contributed by atoms with Crippen LogP contribution in [0, 0.1) is 0 Å². The van der Waals surface area contributed by atoms with Crippen LogP contribution in [-0.2, 0) is 26.2 Å². The number of carbonyl (C=O) groups is 2. The molecule has 0 aliphatic heterocycles. The maximum Gasteiger partial charge on any atom is 0.264 e. The van der Waals surface area contributed by atoms with Crippen molar-refractivity contribution >= 4 is 50.7 Å². The molecule has 3 aromatic carbocycles. The van der Waals surface area contributed by atoms with Gasteiger partial charge >= 0.3 is 0 Å². The van der Waals surface area contributed by atoms with Crippen LogP contribution in [0.5, 0.6) is 0 Å². The van der Waals surface area contributed by atoms with E-state index in [1.807, 2.05) is 6.92 Å². The van der Waals surface area contributed by atoms with E-state index in [1.165, 1.54) is 17.0 Å². The molecule has 3 aromatic rings. The van der Waals surface area contributed by atoms with Crippen molar-refractivity contribution in [2.45, 2.75) is 44.2 Å². The molecule has 2 amide bonds. The van der Waals surface area contributed by atoms with E-state index in [4.69, 9.17) is 23.2 Å². The number of halogens is 2. The second-order valence-corrected chi connectivity index (χ2v) is 11.5. The Morgan fingerprint density at radius 3 is 2.05 bits per heavy atom. The summed E-state index contributed by atoms with van der Waals surface area (Å²) in [6.07, 6.45) is 1.72. The summed E-state index contributed by atoms with van der Waals surface area (Å²) >= 11 is 12.1. The molecule has 10 heteroatoms. The first kappa shape index (κ1) is 29.5. The molecule has 3 rings (SSSR count). The van der Waals surface area contributed by atoms with E-state index in [-0.39, 0.29) is 23.0 Å². The highest BCUT2D eigenvalue weighted by Crippen LogP contribution is 2.26. The molecule has 0 saturated heterocycles. The number of nitrogens with zero attached hydrogens (tertiary/aromatic N) is 2. The number of rotatable bonds is 12. The second-order valence-electron chi connectivity index (χ2n) is 8.77. The topological polar surface area (TPSA) is 86.8 Å². The zero-order valence-electron chi connectivity index (χ0n) is 21.3. The molecule has 0 bridgehead atoms. The van der Waals surface area contributed by atoms with Crippen molar-refractivity contribution < 1.29 is 18.0 Å². The summed E-state index contributed by atoms with van der Waals surface area (Å²) in [7, 11) is -4.11. The Balaban J connectivity index is 1.97. The van der Waals surface area contributed by atoms with Gasteiger partial charge in [0.1, 0.15) is 12.6 Å². The minimum absolute atomic E-state index is 0.0392. The van der Waals surface area contributed by atoms with Crippen LogP contribution in [0.15, 0.2) is 83.8 Å². The molecule has 0 aromatic heterocycles. The number of nitrogens with one attached hydrogen (secondary N) is 1. The molecule has 0 spiro atoms. The normalized spacial score (nSPS) is 12.0. The van der Waals surface area contributed by atoms with Crippen LogP contribution in [0.2, 0.25) is 10.0 Å². The fourth-order valence-electron chi connectivity index (χ4n) is 3.76. The third-order valence-electron chi connectivity index (χ3n) is 5.99. The SMILES string of the molecule is CCCCNC(=O)[C@@H](C)N(Cc1ccc(Cl)cc1)C(=O)CN(c1ccc(Cl)cc1)S(=O)(=O)c1ccccc1. The van der Waals surface area contributed by atoms with Crippen molar-refractivity contribution in [3.63, 3.8) is 0 Å². The van der Waals surface area contributed by atoms with E-state index in [0.29, 0.717) is 16.6 Å². The predicted molar refractivity (Wildman–Crippen MR) is 152 cm³/mol. The number of hydrogen-bond donors (Lipinski definition) is 1. The van der Waals surface area contributed by atoms with Gasteiger partial charge in [-0.05, 0) is 67.4 Å². The number of carbonyl (C=O) groups excluding carboxylic acids is 2. The molecule has 7 nitrogen and oxygen atoms in total. The largest absolute Gasteiger partial charge is 0.354 e. The lowest BCUT2D eigenvalue weighted by molar-refractivity contribution is -0.139. The van der Waals surface area contributed by atoms with Gasteiger partial charge in [0, 0.05) is 23.1 Å². The Bertz CT molecular complexity index is 1320. The summed E-state index contributed by atoms with van der Waals surface area (Å²) in [6.45, 7) is 3.72. The lowest BCUT2D eigenvalue weighted by atomic mass is 10.1. The lowest BCUT2D eigenvalue weighted by Gasteiger charge is -2.32. The van der Waals surface area contributed by atoms with Gasteiger partial charge in [-0.15, -0.1) is 0 Å². The van der Waals surface area contributed by atoms with Crippen LogP contribution in [-0.4, -0.2) is 44.3 Å². The van der Waals surface area contributed by atoms with Crippen molar-refractivity contribution in [3.05, 3.63) is 94.5 Å². The quantitative estimate of drug-likeness (QED) is 0.288. The van der Waals surface area contributed by atoms with E-state index in [9.17, 15) is 18.0 Å². The van der Waals surface area contributed by atoms with Gasteiger partial charge in [-0.1, -0.05) is 66.9 Å². The number of amides is 2. The predicted octanol–water partition coefficient (Wildman–Crippen LogP) is 5.52. The Hall–Kier alpha value is -3.07. The molecule has 0 saturated carbocycles. The van der Waals surface area contributed by atoms with Crippen molar-refractivity contribution in [1.82, 2.24) is 10.2 Å². The van der Waals surface area contributed by atoms with Crippen LogP contribution >= 0.6 is 23.2 Å². The molecule has 0 aliphatic rings. The van der Waals surface area contributed by atoms with Gasteiger partial charge in [0.25, 0.3) is 10.0 Å². The lowest BCUT2D eigenvalue weighted by Crippen LogP contribution is -2.51. The van der Waals surface area contributed by atoms with Gasteiger partial charge in [-0.2, -0.15) is 0 Å². The van der Waals surface area contributed by atoms with Crippen LogP contribution in [0.4, 0.5) is 5.69 Å². The van der Waals surface area contributed by atoms with Crippen LogP contribution < -0.4 is 9.62 Å². The first-order chi connectivity index (χ1) is 18.1. The van der Waals surface area contributed by atoms with E-state index in [1.54, 1.807) is 73.7 Å². The first-order valence-electron chi connectivity index (χ1n) is 12.3. The van der Waals surface area contributed by atoms with Crippen molar-refractivity contribution in [1.29, 1.82) is 0 Å². The minimum atomic E-state index is -4.11. The number of unbranched alkanes of at least 4 members (excludes halogenated alkanes) is 1. The minimum Gasteiger partial charge on any atom is -0.354 e. The maximum absolute atomic E-state index is 13.8. The Morgan fingerprint density at radius 2 is 1.47 bits per heavy atom.